The molecule has 3 N–H and O–H groups in total. The van der Waals surface area contributed by atoms with Crippen LogP contribution in [0.3, 0.4) is 0 Å². The van der Waals surface area contributed by atoms with Crippen molar-refractivity contribution in [2.24, 2.45) is 0 Å². The molecule has 0 saturated carbocycles. The van der Waals surface area contributed by atoms with Crippen LogP contribution >= 0.6 is 0 Å². The zero-order valence-electron chi connectivity index (χ0n) is 17.1. The van der Waals surface area contributed by atoms with Crippen molar-refractivity contribution >= 4 is 40.0 Å². The predicted molar refractivity (Wildman–Crippen MR) is 121 cm³/mol. The molecule has 0 spiro atoms. The standard InChI is InChI=1S/C23H23N5O2/c1-28(2)18-10-7-15(8-11-18)22(29)24-17-9-12-20-21(14-17)27-23(26-20)25-16-5-4-6-19(13-16)30-3/h4-14H,1-3H3,(H,24,29)(H2,25,26,27). The summed E-state index contributed by atoms with van der Waals surface area (Å²) in [7, 11) is 5.56. The van der Waals surface area contributed by atoms with Gasteiger partial charge >= 0.3 is 0 Å². The van der Waals surface area contributed by atoms with Gasteiger partial charge in [0.05, 0.1) is 18.1 Å². The van der Waals surface area contributed by atoms with Crippen LogP contribution in [0.2, 0.25) is 0 Å². The van der Waals surface area contributed by atoms with Crippen molar-refractivity contribution in [3.63, 3.8) is 0 Å². The first-order valence-electron chi connectivity index (χ1n) is 9.51. The SMILES string of the molecule is COc1cccc(Nc2nc3ccc(NC(=O)c4ccc(N(C)C)cc4)cc3[nH]2)c1. The van der Waals surface area contributed by atoms with Gasteiger partial charge in [-0.1, -0.05) is 6.07 Å². The quantitative estimate of drug-likeness (QED) is 0.439. The Bertz CT molecular complexity index is 1180. The highest BCUT2D eigenvalue weighted by molar-refractivity contribution is 6.05. The lowest BCUT2D eigenvalue weighted by molar-refractivity contribution is 0.102. The summed E-state index contributed by atoms with van der Waals surface area (Å²) < 4.78 is 5.25. The molecule has 7 heteroatoms. The summed E-state index contributed by atoms with van der Waals surface area (Å²) in [5, 5.41) is 6.17. The minimum absolute atomic E-state index is 0.158. The van der Waals surface area contributed by atoms with Gasteiger partial charge in [-0.3, -0.25) is 4.79 Å². The number of anilines is 4. The van der Waals surface area contributed by atoms with Crippen LogP contribution in [-0.2, 0) is 0 Å². The molecule has 1 aromatic heterocycles. The monoisotopic (exact) mass is 401 g/mol. The number of benzene rings is 3. The van der Waals surface area contributed by atoms with Crippen molar-refractivity contribution in [3.05, 3.63) is 72.3 Å². The number of amides is 1. The van der Waals surface area contributed by atoms with Crippen molar-refractivity contribution in [1.29, 1.82) is 0 Å². The van der Waals surface area contributed by atoms with Crippen molar-refractivity contribution in [2.75, 3.05) is 36.7 Å². The lowest BCUT2D eigenvalue weighted by Crippen LogP contribution is -2.13. The third-order valence-corrected chi connectivity index (χ3v) is 4.72. The molecule has 0 aliphatic rings. The highest BCUT2D eigenvalue weighted by Crippen LogP contribution is 2.24. The lowest BCUT2D eigenvalue weighted by Gasteiger charge is -2.12. The fourth-order valence-electron chi connectivity index (χ4n) is 3.10. The van der Waals surface area contributed by atoms with Crippen LogP contribution in [-0.4, -0.2) is 37.1 Å². The van der Waals surface area contributed by atoms with Gasteiger partial charge in [0.2, 0.25) is 5.95 Å². The number of H-pyrrole nitrogens is 1. The molecule has 1 heterocycles. The Morgan fingerprint density at radius 1 is 1.00 bits per heavy atom. The zero-order chi connectivity index (χ0) is 21.1. The Labute approximate surface area is 174 Å². The van der Waals surface area contributed by atoms with Gasteiger partial charge in [0.1, 0.15) is 5.75 Å². The predicted octanol–water partition coefficient (Wildman–Crippen LogP) is 4.63. The first-order valence-corrected chi connectivity index (χ1v) is 9.51. The largest absolute Gasteiger partial charge is 0.497 e. The zero-order valence-corrected chi connectivity index (χ0v) is 17.1. The van der Waals surface area contributed by atoms with Gasteiger partial charge in [-0.25, -0.2) is 4.98 Å². The van der Waals surface area contributed by atoms with E-state index in [4.69, 9.17) is 4.74 Å². The summed E-state index contributed by atoms with van der Waals surface area (Å²) in [5.74, 6) is 1.22. The maximum Gasteiger partial charge on any atom is 0.255 e. The molecule has 0 fully saturated rings. The number of hydrogen-bond acceptors (Lipinski definition) is 5. The molecule has 1 amide bonds. The number of nitrogens with zero attached hydrogens (tertiary/aromatic N) is 2. The molecule has 7 nitrogen and oxygen atoms in total. The second-order valence-corrected chi connectivity index (χ2v) is 7.07. The minimum Gasteiger partial charge on any atom is -0.497 e. The van der Waals surface area contributed by atoms with Crippen molar-refractivity contribution < 1.29 is 9.53 Å². The number of nitrogens with one attached hydrogen (secondary N) is 3. The van der Waals surface area contributed by atoms with E-state index in [0.29, 0.717) is 17.2 Å². The van der Waals surface area contributed by atoms with Crippen molar-refractivity contribution in [2.45, 2.75) is 0 Å². The molecular formula is C23H23N5O2. The van der Waals surface area contributed by atoms with Gasteiger partial charge in [-0.2, -0.15) is 0 Å². The number of carbonyl (C=O) groups is 1. The van der Waals surface area contributed by atoms with Crippen LogP contribution < -0.4 is 20.3 Å². The summed E-state index contributed by atoms with van der Waals surface area (Å²) in [4.78, 5) is 22.3. The smallest absolute Gasteiger partial charge is 0.255 e. The van der Waals surface area contributed by atoms with E-state index in [1.165, 1.54) is 0 Å². The van der Waals surface area contributed by atoms with Crippen molar-refractivity contribution in [3.8, 4) is 5.75 Å². The van der Waals surface area contributed by atoms with E-state index in [9.17, 15) is 4.79 Å². The number of imidazole rings is 1. The molecule has 0 aliphatic carbocycles. The molecule has 0 atom stereocenters. The molecule has 30 heavy (non-hydrogen) atoms. The Morgan fingerprint density at radius 2 is 1.80 bits per heavy atom. The molecule has 4 aromatic rings. The minimum atomic E-state index is -0.158. The van der Waals surface area contributed by atoms with Crippen LogP contribution in [0.15, 0.2) is 66.7 Å². The number of aromatic nitrogens is 2. The summed E-state index contributed by atoms with van der Waals surface area (Å²) in [5.41, 5.74) is 4.82. The maximum atomic E-state index is 12.6. The van der Waals surface area contributed by atoms with Gasteiger partial charge in [0.25, 0.3) is 5.91 Å². The van der Waals surface area contributed by atoms with E-state index in [1.54, 1.807) is 7.11 Å². The number of hydrogen-bond donors (Lipinski definition) is 3. The molecule has 0 saturated heterocycles. The fraction of sp³-hybridized carbons (Fsp3) is 0.130. The van der Waals surface area contributed by atoms with Gasteiger partial charge in [-0.15, -0.1) is 0 Å². The van der Waals surface area contributed by atoms with E-state index < -0.39 is 0 Å². The van der Waals surface area contributed by atoms with Crippen LogP contribution in [0, 0.1) is 0 Å². The van der Waals surface area contributed by atoms with E-state index in [-0.39, 0.29) is 5.91 Å². The number of aromatic amines is 1. The number of fused-ring (bicyclic) bond motifs is 1. The normalized spacial score (nSPS) is 10.6. The van der Waals surface area contributed by atoms with Gasteiger partial charge in [0.15, 0.2) is 0 Å². The van der Waals surface area contributed by atoms with Crippen LogP contribution in [0.4, 0.5) is 23.0 Å². The fourth-order valence-corrected chi connectivity index (χ4v) is 3.10. The number of methoxy groups -OCH3 is 1. The highest BCUT2D eigenvalue weighted by atomic mass is 16.5. The molecule has 3 aromatic carbocycles. The topological polar surface area (TPSA) is 82.3 Å². The third-order valence-electron chi connectivity index (χ3n) is 4.72. The average molecular weight is 401 g/mol. The first kappa shape index (κ1) is 19.3. The lowest BCUT2D eigenvalue weighted by atomic mass is 10.2. The maximum absolute atomic E-state index is 12.6. The van der Waals surface area contributed by atoms with Crippen molar-refractivity contribution in [1.82, 2.24) is 9.97 Å². The Kier molecular flexibility index (Phi) is 5.26. The van der Waals surface area contributed by atoms with Gasteiger partial charge < -0.3 is 25.3 Å². The molecule has 0 radical (unpaired) electrons. The summed E-state index contributed by atoms with van der Waals surface area (Å²) in [6.07, 6.45) is 0. The molecule has 0 aliphatic heterocycles. The second-order valence-electron chi connectivity index (χ2n) is 7.07. The summed E-state index contributed by atoms with van der Waals surface area (Å²) in [6, 6.07) is 20.7. The van der Waals surface area contributed by atoms with Gasteiger partial charge in [-0.05, 0) is 54.6 Å². The Balaban J connectivity index is 1.49. The third kappa shape index (κ3) is 4.20. The van der Waals surface area contributed by atoms with Crippen LogP contribution in [0.5, 0.6) is 5.75 Å². The molecule has 152 valence electrons. The van der Waals surface area contributed by atoms with Crippen LogP contribution in [0.1, 0.15) is 10.4 Å². The molecule has 0 bridgehead atoms. The van der Waals surface area contributed by atoms with E-state index in [2.05, 4.69) is 20.6 Å². The number of rotatable bonds is 6. The Morgan fingerprint density at radius 3 is 2.53 bits per heavy atom. The highest BCUT2D eigenvalue weighted by Gasteiger charge is 2.09. The van der Waals surface area contributed by atoms with Gasteiger partial charge in [0, 0.05) is 42.8 Å². The molecule has 0 unspecified atom stereocenters. The number of ether oxygens (including phenoxy) is 1. The Hall–Kier alpha value is -4.00. The summed E-state index contributed by atoms with van der Waals surface area (Å²) in [6.45, 7) is 0. The van der Waals surface area contributed by atoms with E-state index >= 15 is 0 Å². The molecular weight excluding hydrogens is 378 g/mol. The second kappa shape index (κ2) is 8.16. The van der Waals surface area contributed by atoms with E-state index in [0.717, 1.165) is 28.2 Å². The average Bonchev–Trinajstić information content (AvgIpc) is 3.15. The van der Waals surface area contributed by atoms with E-state index in [1.807, 2.05) is 85.7 Å². The molecule has 4 rings (SSSR count). The summed E-state index contributed by atoms with van der Waals surface area (Å²) >= 11 is 0. The first-order chi connectivity index (χ1) is 14.5. The number of carbonyl (C=O) groups excluding carboxylic acids is 1. The van der Waals surface area contributed by atoms with Crippen LogP contribution in [0.25, 0.3) is 11.0 Å².